The highest BCUT2D eigenvalue weighted by Gasteiger charge is 2.38. The number of aromatic nitrogens is 2. The molecule has 1 fully saturated rings. The first-order valence-electron chi connectivity index (χ1n) is 10.2. The lowest BCUT2D eigenvalue weighted by atomic mass is 10.2. The number of amides is 1. The van der Waals surface area contributed by atoms with Crippen molar-refractivity contribution in [3.8, 4) is 17.2 Å². The van der Waals surface area contributed by atoms with E-state index >= 15 is 0 Å². The number of nitrogens with one attached hydrogen (secondary N) is 1. The molecule has 0 bridgehead atoms. The van der Waals surface area contributed by atoms with Gasteiger partial charge in [-0.2, -0.15) is 4.31 Å². The predicted molar refractivity (Wildman–Crippen MR) is 119 cm³/mol. The number of hydrogen-bond donors (Lipinski definition) is 1. The van der Waals surface area contributed by atoms with Crippen molar-refractivity contribution < 1.29 is 27.4 Å². The van der Waals surface area contributed by atoms with Crippen molar-refractivity contribution in [1.82, 2.24) is 14.5 Å². The van der Waals surface area contributed by atoms with Crippen molar-refractivity contribution in [2.24, 2.45) is 0 Å². The van der Waals surface area contributed by atoms with Gasteiger partial charge >= 0.3 is 0 Å². The van der Waals surface area contributed by atoms with Gasteiger partial charge in [0, 0.05) is 18.3 Å². The van der Waals surface area contributed by atoms with Crippen molar-refractivity contribution in [2.45, 2.75) is 23.8 Å². The second kappa shape index (κ2) is 8.61. The molecule has 10 nitrogen and oxygen atoms in total. The van der Waals surface area contributed by atoms with Gasteiger partial charge in [-0.15, -0.1) is 10.2 Å². The van der Waals surface area contributed by atoms with Gasteiger partial charge in [0.05, 0.1) is 18.0 Å². The fourth-order valence-electron chi connectivity index (χ4n) is 3.78. The van der Waals surface area contributed by atoms with E-state index in [1.807, 2.05) is 0 Å². The van der Waals surface area contributed by atoms with E-state index in [0.29, 0.717) is 47.3 Å². The van der Waals surface area contributed by atoms with E-state index in [1.54, 1.807) is 30.3 Å². The summed E-state index contributed by atoms with van der Waals surface area (Å²) in [5.41, 5.74) is 0.533. The van der Waals surface area contributed by atoms with E-state index in [1.165, 1.54) is 23.5 Å². The highest BCUT2D eigenvalue weighted by molar-refractivity contribution is 7.89. The third-order valence-corrected chi connectivity index (χ3v) is 8.37. The number of fused-ring (bicyclic) bond motifs is 1. The van der Waals surface area contributed by atoms with Crippen LogP contribution in [0.15, 0.2) is 47.4 Å². The Bertz CT molecular complexity index is 1290. The lowest BCUT2D eigenvalue weighted by Crippen LogP contribution is -2.30. The van der Waals surface area contributed by atoms with Crippen LogP contribution in [0.1, 0.15) is 33.7 Å². The average molecular weight is 489 g/mol. The third kappa shape index (κ3) is 4.12. The average Bonchev–Trinajstić information content (AvgIpc) is 3.58. The van der Waals surface area contributed by atoms with Gasteiger partial charge in [0.1, 0.15) is 10.8 Å². The zero-order valence-electron chi connectivity index (χ0n) is 17.6. The minimum absolute atomic E-state index is 0.143. The maximum atomic E-state index is 13.2. The summed E-state index contributed by atoms with van der Waals surface area (Å²) in [6, 6.07) is 10.9. The second-order valence-electron chi connectivity index (χ2n) is 7.42. The fourth-order valence-corrected chi connectivity index (χ4v) is 6.39. The molecular weight excluding hydrogens is 468 g/mol. The molecule has 33 heavy (non-hydrogen) atoms. The van der Waals surface area contributed by atoms with E-state index in [2.05, 4.69) is 15.5 Å². The quantitative estimate of drug-likeness (QED) is 0.562. The normalized spacial score (nSPS) is 17.8. The fraction of sp³-hybridized carbons (Fsp3) is 0.286. The molecule has 0 saturated carbocycles. The molecule has 1 N–H and O–H groups in total. The number of benzene rings is 2. The van der Waals surface area contributed by atoms with Crippen LogP contribution in [-0.2, 0) is 10.0 Å². The first-order chi connectivity index (χ1) is 16.0. The molecule has 0 radical (unpaired) electrons. The summed E-state index contributed by atoms with van der Waals surface area (Å²) in [7, 11) is -2.21. The summed E-state index contributed by atoms with van der Waals surface area (Å²) in [6.07, 6.45) is 1.30. The van der Waals surface area contributed by atoms with E-state index in [9.17, 15) is 13.2 Å². The molecule has 172 valence electrons. The van der Waals surface area contributed by atoms with Gasteiger partial charge in [-0.25, -0.2) is 8.42 Å². The van der Waals surface area contributed by atoms with Gasteiger partial charge in [-0.1, -0.05) is 11.3 Å². The van der Waals surface area contributed by atoms with Crippen molar-refractivity contribution >= 4 is 33.0 Å². The zero-order valence-corrected chi connectivity index (χ0v) is 19.2. The van der Waals surface area contributed by atoms with E-state index in [-0.39, 0.29) is 16.7 Å². The van der Waals surface area contributed by atoms with Crippen LogP contribution in [0.2, 0.25) is 0 Å². The number of nitrogens with zero attached hydrogens (tertiary/aromatic N) is 3. The topological polar surface area (TPSA) is 120 Å². The summed E-state index contributed by atoms with van der Waals surface area (Å²) in [4.78, 5) is 12.9. The Morgan fingerprint density at radius 3 is 2.73 bits per heavy atom. The molecule has 1 amide bonds. The molecule has 12 heteroatoms. The van der Waals surface area contributed by atoms with Crippen LogP contribution in [0.5, 0.6) is 17.2 Å². The molecule has 0 spiro atoms. The van der Waals surface area contributed by atoms with Crippen molar-refractivity contribution in [3.05, 3.63) is 52.5 Å². The standard InChI is InChI=1S/C21H20N4O6S2/c1-29-14-5-7-15(8-6-14)33(27,28)25-10-2-3-16(25)20-23-24-21(32-20)19(26)22-13-4-9-17-18(11-13)31-12-30-17/h4-9,11,16H,2-3,10,12H2,1H3,(H,22,26). The number of ether oxygens (including phenoxy) is 3. The monoisotopic (exact) mass is 488 g/mol. The van der Waals surface area contributed by atoms with E-state index in [4.69, 9.17) is 14.2 Å². The molecule has 0 aliphatic carbocycles. The molecule has 1 aromatic heterocycles. The third-order valence-electron chi connectivity index (χ3n) is 5.42. The summed E-state index contributed by atoms with van der Waals surface area (Å²) in [5, 5.41) is 11.5. The predicted octanol–water partition coefficient (Wildman–Crippen LogP) is 3.05. The Morgan fingerprint density at radius 2 is 1.94 bits per heavy atom. The minimum Gasteiger partial charge on any atom is -0.497 e. The zero-order chi connectivity index (χ0) is 23.0. The Kier molecular flexibility index (Phi) is 5.64. The maximum absolute atomic E-state index is 13.2. The van der Waals surface area contributed by atoms with Crippen molar-refractivity contribution in [3.63, 3.8) is 0 Å². The van der Waals surface area contributed by atoms with E-state index in [0.717, 1.165) is 11.3 Å². The Morgan fingerprint density at radius 1 is 1.15 bits per heavy atom. The van der Waals surface area contributed by atoms with Crippen LogP contribution in [0.25, 0.3) is 0 Å². The Labute approximate surface area is 194 Å². The minimum atomic E-state index is -3.74. The van der Waals surface area contributed by atoms with Gasteiger partial charge in [0.25, 0.3) is 5.91 Å². The number of carbonyl (C=O) groups excluding carboxylic acids is 1. The van der Waals surface area contributed by atoms with Gasteiger partial charge in [0.15, 0.2) is 11.5 Å². The number of methoxy groups -OCH3 is 1. The number of anilines is 1. The first-order valence-corrected chi connectivity index (χ1v) is 12.4. The van der Waals surface area contributed by atoms with Crippen LogP contribution in [-0.4, -0.2) is 49.3 Å². The number of hydrogen-bond acceptors (Lipinski definition) is 9. The Hall–Kier alpha value is -3.22. The number of rotatable bonds is 6. The van der Waals surface area contributed by atoms with Gasteiger partial charge in [-0.3, -0.25) is 4.79 Å². The molecule has 1 atom stereocenters. The molecule has 2 aliphatic rings. The lowest BCUT2D eigenvalue weighted by Gasteiger charge is -2.22. The summed E-state index contributed by atoms with van der Waals surface area (Å²) < 4.78 is 43.6. The van der Waals surface area contributed by atoms with Gasteiger partial charge in [0.2, 0.25) is 21.8 Å². The number of carbonyl (C=O) groups is 1. The highest BCUT2D eigenvalue weighted by atomic mass is 32.2. The van der Waals surface area contributed by atoms with E-state index < -0.39 is 22.0 Å². The largest absolute Gasteiger partial charge is 0.497 e. The summed E-state index contributed by atoms with van der Waals surface area (Å²) >= 11 is 1.09. The molecule has 5 rings (SSSR count). The SMILES string of the molecule is COc1ccc(S(=O)(=O)N2CCCC2c2nnc(C(=O)Nc3ccc4c(c3)OCO4)s2)cc1. The maximum Gasteiger partial charge on any atom is 0.286 e. The van der Waals surface area contributed by atoms with Crippen LogP contribution in [0.3, 0.4) is 0 Å². The van der Waals surface area contributed by atoms with Crippen LogP contribution < -0.4 is 19.5 Å². The van der Waals surface area contributed by atoms with Crippen LogP contribution in [0.4, 0.5) is 5.69 Å². The van der Waals surface area contributed by atoms with Crippen molar-refractivity contribution in [2.75, 3.05) is 25.8 Å². The van der Waals surface area contributed by atoms with Gasteiger partial charge < -0.3 is 19.5 Å². The molecule has 3 heterocycles. The van der Waals surface area contributed by atoms with Crippen molar-refractivity contribution in [1.29, 1.82) is 0 Å². The number of sulfonamides is 1. The lowest BCUT2D eigenvalue weighted by molar-refractivity contribution is 0.102. The molecule has 1 unspecified atom stereocenters. The molecule has 3 aromatic rings. The molecule has 2 aliphatic heterocycles. The first kappa shape index (κ1) is 21.6. The molecule has 2 aromatic carbocycles. The van der Waals surface area contributed by atoms with Crippen LogP contribution >= 0.6 is 11.3 Å². The van der Waals surface area contributed by atoms with Gasteiger partial charge in [-0.05, 0) is 49.2 Å². The highest BCUT2D eigenvalue weighted by Crippen LogP contribution is 2.38. The summed E-state index contributed by atoms with van der Waals surface area (Å²) in [5.74, 6) is 1.32. The Balaban J connectivity index is 1.33. The van der Waals surface area contributed by atoms with Crippen LogP contribution in [0, 0.1) is 0 Å². The smallest absolute Gasteiger partial charge is 0.286 e. The second-order valence-corrected chi connectivity index (χ2v) is 10.3. The summed E-state index contributed by atoms with van der Waals surface area (Å²) in [6.45, 7) is 0.515. The molecule has 1 saturated heterocycles. The molecular formula is C21H20N4O6S2.